The molecule has 0 fully saturated rings. The molecule has 0 bridgehead atoms. The second kappa shape index (κ2) is 4.75. The van der Waals surface area contributed by atoms with Gasteiger partial charge >= 0.3 is 0 Å². The summed E-state index contributed by atoms with van der Waals surface area (Å²) < 4.78 is 5.32. The summed E-state index contributed by atoms with van der Waals surface area (Å²) in [6.07, 6.45) is 0. The van der Waals surface area contributed by atoms with Crippen molar-refractivity contribution in [2.75, 3.05) is 0 Å². The van der Waals surface area contributed by atoms with Gasteiger partial charge in [-0.1, -0.05) is 34.4 Å². The van der Waals surface area contributed by atoms with Crippen molar-refractivity contribution in [1.82, 2.24) is 5.16 Å². The first-order chi connectivity index (χ1) is 7.65. The third kappa shape index (κ3) is 1.98. The van der Waals surface area contributed by atoms with Gasteiger partial charge in [-0.25, -0.2) is 0 Å². The van der Waals surface area contributed by atoms with Crippen molar-refractivity contribution < 1.29 is 9.63 Å². The van der Waals surface area contributed by atoms with E-state index in [0.717, 1.165) is 0 Å². The van der Waals surface area contributed by atoms with Crippen LogP contribution in [0.4, 0.5) is 0 Å². The molecule has 0 unspecified atom stereocenters. The summed E-state index contributed by atoms with van der Waals surface area (Å²) >= 11 is 15.2. The van der Waals surface area contributed by atoms with E-state index in [0.29, 0.717) is 31.5 Å². The van der Waals surface area contributed by atoms with Gasteiger partial charge in [0.1, 0.15) is 5.69 Å². The zero-order valence-corrected chi connectivity index (χ0v) is 11.0. The molecule has 0 saturated heterocycles. The number of benzene rings is 1. The Balaban J connectivity index is 2.67. The van der Waals surface area contributed by atoms with Crippen LogP contribution in [0.15, 0.2) is 27.4 Å². The first-order valence-electron chi connectivity index (χ1n) is 4.34. The van der Waals surface area contributed by atoms with Gasteiger partial charge in [0.05, 0.1) is 22.2 Å². The number of aliphatic hydroxyl groups excluding tert-OH is 1. The lowest BCUT2D eigenvalue weighted by atomic mass is 10.1. The highest BCUT2D eigenvalue weighted by Gasteiger charge is 2.19. The van der Waals surface area contributed by atoms with E-state index in [1.54, 1.807) is 18.2 Å². The van der Waals surface area contributed by atoms with E-state index in [-0.39, 0.29) is 6.61 Å². The van der Waals surface area contributed by atoms with E-state index in [1.165, 1.54) is 0 Å². The minimum Gasteiger partial charge on any atom is -0.391 e. The summed E-state index contributed by atoms with van der Waals surface area (Å²) in [5, 5.41) is 14.0. The van der Waals surface area contributed by atoms with Crippen LogP contribution in [-0.4, -0.2) is 10.3 Å². The summed E-state index contributed by atoms with van der Waals surface area (Å²) in [5.41, 5.74) is 1.53. The molecule has 0 aliphatic carbocycles. The van der Waals surface area contributed by atoms with Crippen LogP contribution in [0.5, 0.6) is 0 Å². The molecule has 6 heteroatoms. The summed E-state index contributed by atoms with van der Waals surface area (Å²) in [5.74, 6) is 0. The van der Waals surface area contributed by atoms with Crippen molar-refractivity contribution in [3.05, 3.63) is 38.5 Å². The largest absolute Gasteiger partial charge is 0.391 e. The van der Waals surface area contributed by atoms with Crippen molar-refractivity contribution in [2.45, 2.75) is 6.61 Å². The Morgan fingerprint density at radius 3 is 2.50 bits per heavy atom. The predicted molar refractivity (Wildman–Crippen MR) is 65.6 cm³/mol. The standard InChI is InChI=1S/C10H6BrCl2NO2/c11-10-5(4-15)9(14-16-10)8-6(12)2-1-3-7(8)13/h1-3,15H,4H2. The van der Waals surface area contributed by atoms with Crippen LogP contribution < -0.4 is 0 Å². The zero-order valence-electron chi connectivity index (χ0n) is 7.88. The molecule has 0 amide bonds. The molecular weight excluding hydrogens is 317 g/mol. The molecule has 0 aliphatic rings. The highest BCUT2D eigenvalue weighted by atomic mass is 79.9. The maximum atomic E-state index is 9.22. The highest BCUT2D eigenvalue weighted by Crippen LogP contribution is 2.37. The van der Waals surface area contributed by atoms with Crippen molar-refractivity contribution in [1.29, 1.82) is 0 Å². The van der Waals surface area contributed by atoms with Crippen LogP contribution in [0, 0.1) is 0 Å². The first-order valence-corrected chi connectivity index (χ1v) is 5.89. The van der Waals surface area contributed by atoms with E-state index >= 15 is 0 Å². The maximum Gasteiger partial charge on any atom is 0.208 e. The van der Waals surface area contributed by atoms with Crippen LogP contribution >= 0.6 is 39.1 Å². The molecular formula is C10H6BrCl2NO2. The van der Waals surface area contributed by atoms with Crippen molar-refractivity contribution in [2.24, 2.45) is 0 Å². The predicted octanol–water partition coefficient (Wildman–Crippen LogP) is 3.90. The van der Waals surface area contributed by atoms with E-state index in [2.05, 4.69) is 21.1 Å². The number of hydrogen-bond donors (Lipinski definition) is 1. The minimum absolute atomic E-state index is 0.207. The SMILES string of the molecule is OCc1c(-c2c(Cl)cccc2Cl)noc1Br. The third-order valence-corrected chi connectivity index (χ3v) is 3.35. The number of hydrogen-bond acceptors (Lipinski definition) is 3. The second-order valence-electron chi connectivity index (χ2n) is 3.04. The van der Waals surface area contributed by atoms with Crippen LogP contribution in [0.2, 0.25) is 10.0 Å². The Kier molecular flexibility index (Phi) is 3.54. The van der Waals surface area contributed by atoms with Gasteiger partial charge in [-0.3, -0.25) is 0 Å². The molecule has 1 aromatic carbocycles. The fraction of sp³-hybridized carbons (Fsp3) is 0.100. The molecule has 1 heterocycles. The molecule has 3 nitrogen and oxygen atoms in total. The van der Waals surface area contributed by atoms with Gasteiger partial charge in [-0.05, 0) is 28.1 Å². The normalized spacial score (nSPS) is 10.8. The van der Waals surface area contributed by atoms with Crippen molar-refractivity contribution in [3.63, 3.8) is 0 Å². The van der Waals surface area contributed by atoms with Gasteiger partial charge in [-0.2, -0.15) is 0 Å². The molecule has 0 radical (unpaired) electrons. The van der Waals surface area contributed by atoms with Gasteiger partial charge in [0.2, 0.25) is 4.67 Å². The van der Waals surface area contributed by atoms with Crippen LogP contribution in [0.25, 0.3) is 11.3 Å². The Morgan fingerprint density at radius 1 is 1.31 bits per heavy atom. The van der Waals surface area contributed by atoms with Gasteiger partial charge < -0.3 is 9.63 Å². The summed E-state index contributed by atoms with van der Waals surface area (Å²) in [7, 11) is 0. The maximum absolute atomic E-state index is 9.22. The van der Waals surface area contributed by atoms with Gasteiger partial charge in [-0.15, -0.1) is 0 Å². The minimum atomic E-state index is -0.207. The van der Waals surface area contributed by atoms with Gasteiger partial charge in [0, 0.05) is 5.56 Å². The quantitative estimate of drug-likeness (QED) is 0.912. The van der Waals surface area contributed by atoms with E-state index < -0.39 is 0 Å². The lowest BCUT2D eigenvalue weighted by Gasteiger charge is -2.04. The highest BCUT2D eigenvalue weighted by molar-refractivity contribution is 9.10. The fourth-order valence-electron chi connectivity index (χ4n) is 1.35. The number of nitrogens with zero attached hydrogens (tertiary/aromatic N) is 1. The third-order valence-electron chi connectivity index (χ3n) is 2.10. The number of halogens is 3. The summed E-state index contributed by atoms with van der Waals surface area (Å²) in [6, 6.07) is 5.14. The van der Waals surface area contributed by atoms with Crippen molar-refractivity contribution in [3.8, 4) is 11.3 Å². The first kappa shape index (κ1) is 11.9. The summed E-state index contributed by atoms with van der Waals surface area (Å²) in [6.45, 7) is -0.207. The van der Waals surface area contributed by atoms with Gasteiger partial charge in [0.15, 0.2) is 0 Å². The Morgan fingerprint density at radius 2 is 1.94 bits per heavy atom. The molecule has 0 saturated carbocycles. The number of aromatic nitrogens is 1. The molecule has 2 rings (SSSR count). The van der Waals surface area contributed by atoms with E-state index in [9.17, 15) is 5.11 Å². The fourth-order valence-corrected chi connectivity index (χ4v) is 2.31. The molecule has 1 N–H and O–H groups in total. The van der Waals surface area contributed by atoms with Crippen LogP contribution in [0.3, 0.4) is 0 Å². The number of aliphatic hydroxyl groups is 1. The van der Waals surface area contributed by atoms with Gasteiger partial charge in [0.25, 0.3) is 0 Å². The molecule has 0 aliphatic heterocycles. The lowest BCUT2D eigenvalue weighted by molar-refractivity contribution is 0.278. The topological polar surface area (TPSA) is 46.3 Å². The summed E-state index contributed by atoms with van der Waals surface area (Å²) in [4.78, 5) is 0. The molecule has 2 aromatic rings. The average molecular weight is 323 g/mol. The van der Waals surface area contributed by atoms with E-state index in [4.69, 9.17) is 27.7 Å². The van der Waals surface area contributed by atoms with Crippen LogP contribution in [-0.2, 0) is 6.61 Å². The molecule has 0 spiro atoms. The van der Waals surface area contributed by atoms with E-state index in [1.807, 2.05) is 0 Å². The average Bonchev–Trinajstić information content (AvgIpc) is 2.59. The smallest absolute Gasteiger partial charge is 0.208 e. The lowest BCUT2D eigenvalue weighted by Crippen LogP contribution is -1.89. The second-order valence-corrected chi connectivity index (χ2v) is 4.57. The van der Waals surface area contributed by atoms with Crippen LogP contribution in [0.1, 0.15) is 5.56 Å². The Bertz CT molecular complexity index is 507. The molecule has 0 atom stereocenters. The Labute approximate surface area is 110 Å². The molecule has 84 valence electrons. The zero-order chi connectivity index (χ0) is 11.7. The monoisotopic (exact) mass is 321 g/mol. The number of rotatable bonds is 2. The van der Waals surface area contributed by atoms with Crippen molar-refractivity contribution >= 4 is 39.1 Å². The molecule has 16 heavy (non-hydrogen) atoms. The molecule has 1 aromatic heterocycles. The Hall–Kier alpha value is -0.550.